The number of benzene rings is 1. The number of H-pyrrole nitrogens is 1. The zero-order valence-corrected chi connectivity index (χ0v) is 16.4. The van der Waals surface area contributed by atoms with Crippen molar-refractivity contribution in [1.82, 2.24) is 4.98 Å². The van der Waals surface area contributed by atoms with Crippen molar-refractivity contribution in [3.8, 4) is 5.75 Å². The summed E-state index contributed by atoms with van der Waals surface area (Å²) in [5.41, 5.74) is 7.53. The minimum atomic E-state index is -0.910. The summed E-state index contributed by atoms with van der Waals surface area (Å²) in [6, 6.07) is 4.03. The highest BCUT2D eigenvalue weighted by atomic mass is 16.6. The monoisotopic (exact) mass is 390 g/mol. The number of aromatic hydroxyl groups is 1. The number of fused-ring (bicyclic) bond motifs is 1. The van der Waals surface area contributed by atoms with Crippen LogP contribution < -0.4 is 5.73 Å². The molecule has 4 N–H and O–H groups in total. The molecule has 0 bridgehead atoms. The van der Waals surface area contributed by atoms with Gasteiger partial charge in [-0.05, 0) is 30.2 Å². The summed E-state index contributed by atoms with van der Waals surface area (Å²) in [7, 11) is 0. The van der Waals surface area contributed by atoms with Gasteiger partial charge in [0.05, 0.1) is 6.61 Å². The van der Waals surface area contributed by atoms with E-state index in [1.165, 1.54) is 19.3 Å². The van der Waals surface area contributed by atoms with E-state index in [0.29, 0.717) is 6.61 Å². The summed E-state index contributed by atoms with van der Waals surface area (Å²) in [5.74, 6) is -1.09. The number of carbonyl (C=O) groups excluding carboxylic acids is 2. The molecule has 7 heteroatoms. The maximum Gasteiger partial charge on any atom is 0.344 e. The predicted molar refractivity (Wildman–Crippen MR) is 107 cm³/mol. The molecule has 1 heterocycles. The molecule has 0 amide bonds. The highest BCUT2D eigenvalue weighted by molar-refractivity contribution is 5.86. The second kappa shape index (κ2) is 11.3. The number of aromatic amines is 1. The van der Waals surface area contributed by atoms with E-state index in [4.69, 9.17) is 15.2 Å². The van der Waals surface area contributed by atoms with Crippen LogP contribution >= 0.6 is 0 Å². The fourth-order valence-electron chi connectivity index (χ4n) is 3.00. The Kier molecular flexibility index (Phi) is 8.81. The second-order valence-corrected chi connectivity index (χ2v) is 6.95. The van der Waals surface area contributed by atoms with Crippen molar-refractivity contribution in [3.63, 3.8) is 0 Å². The number of ether oxygens (including phenoxy) is 2. The minimum Gasteiger partial charge on any atom is -0.508 e. The van der Waals surface area contributed by atoms with Gasteiger partial charge in [0.15, 0.2) is 6.61 Å². The third kappa shape index (κ3) is 6.88. The average Bonchev–Trinajstić information content (AvgIpc) is 3.07. The Morgan fingerprint density at radius 1 is 1.14 bits per heavy atom. The van der Waals surface area contributed by atoms with Gasteiger partial charge in [0, 0.05) is 23.5 Å². The fourth-order valence-corrected chi connectivity index (χ4v) is 3.00. The Balaban J connectivity index is 1.67. The molecule has 1 atom stereocenters. The number of hydrogen-bond donors (Lipinski definition) is 3. The van der Waals surface area contributed by atoms with E-state index in [2.05, 4.69) is 11.9 Å². The molecule has 0 saturated carbocycles. The van der Waals surface area contributed by atoms with Crippen LogP contribution in [0.2, 0.25) is 0 Å². The van der Waals surface area contributed by atoms with Gasteiger partial charge in [-0.1, -0.05) is 39.0 Å². The Bertz CT molecular complexity index is 771. The third-order valence-corrected chi connectivity index (χ3v) is 4.59. The molecule has 0 aliphatic carbocycles. The van der Waals surface area contributed by atoms with Crippen molar-refractivity contribution in [3.05, 3.63) is 30.0 Å². The van der Waals surface area contributed by atoms with Crippen LogP contribution in [-0.2, 0) is 25.5 Å². The zero-order chi connectivity index (χ0) is 20.4. The number of phenolic OH excluding ortho intramolecular Hbond substituents is 1. The molecule has 7 nitrogen and oxygen atoms in total. The summed E-state index contributed by atoms with van der Waals surface area (Å²) in [6.07, 6.45) is 8.59. The molecule has 28 heavy (non-hydrogen) atoms. The molecule has 0 radical (unpaired) electrons. The maximum atomic E-state index is 12.0. The molecule has 0 aliphatic rings. The number of phenols is 1. The summed E-state index contributed by atoms with van der Waals surface area (Å²) >= 11 is 0. The highest BCUT2D eigenvalue weighted by Gasteiger charge is 2.19. The maximum absolute atomic E-state index is 12.0. The third-order valence-electron chi connectivity index (χ3n) is 4.59. The van der Waals surface area contributed by atoms with Crippen molar-refractivity contribution in [1.29, 1.82) is 0 Å². The number of unbranched alkanes of at least 4 members (excludes halogenated alkanes) is 5. The molecule has 0 spiro atoms. The van der Waals surface area contributed by atoms with Crippen molar-refractivity contribution in [2.24, 2.45) is 5.73 Å². The molecular weight excluding hydrogens is 360 g/mol. The molecule has 0 aliphatic heterocycles. The standard InChI is InChI=1S/C21H30N2O5/c1-2-3-4-5-6-7-10-27-20(25)14-28-21(26)18(22)11-15-13-23-19-9-8-16(24)12-17(15)19/h8-9,12-13,18,23-24H,2-7,10-11,14,22H2,1H3/t18-/m0/s1. The minimum absolute atomic E-state index is 0.137. The van der Waals surface area contributed by atoms with Crippen molar-refractivity contribution in [2.45, 2.75) is 57.9 Å². The van der Waals surface area contributed by atoms with Gasteiger partial charge in [-0.2, -0.15) is 0 Å². The lowest BCUT2D eigenvalue weighted by Crippen LogP contribution is -2.35. The van der Waals surface area contributed by atoms with Gasteiger partial charge >= 0.3 is 11.9 Å². The lowest BCUT2D eigenvalue weighted by atomic mass is 10.1. The van der Waals surface area contributed by atoms with Crippen molar-refractivity contribution >= 4 is 22.8 Å². The summed E-state index contributed by atoms with van der Waals surface area (Å²) in [5, 5.41) is 10.4. The number of aromatic nitrogens is 1. The quantitative estimate of drug-likeness (QED) is 0.379. The SMILES string of the molecule is CCCCCCCCOC(=O)COC(=O)[C@@H](N)Cc1c[nH]c2ccc(O)cc12. The van der Waals surface area contributed by atoms with E-state index >= 15 is 0 Å². The molecular formula is C21H30N2O5. The highest BCUT2D eigenvalue weighted by Crippen LogP contribution is 2.23. The largest absolute Gasteiger partial charge is 0.508 e. The normalized spacial score (nSPS) is 12.1. The molecule has 0 saturated heterocycles. The van der Waals surface area contributed by atoms with Crippen LogP contribution in [0.15, 0.2) is 24.4 Å². The van der Waals surface area contributed by atoms with Crippen LogP contribution in [0.25, 0.3) is 10.9 Å². The van der Waals surface area contributed by atoms with Crippen molar-refractivity contribution in [2.75, 3.05) is 13.2 Å². The topological polar surface area (TPSA) is 115 Å². The van der Waals surface area contributed by atoms with E-state index in [1.807, 2.05) is 0 Å². The molecule has 2 aromatic rings. The van der Waals surface area contributed by atoms with Gasteiger partial charge in [-0.15, -0.1) is 0 Å². The lowest BCUT2D eigenvalue weighted by Gasteiger charge is -2.11. The zero-order valence-electron chi connectivity index (χ0n) is 16.4. The van der Waals surface area contributed by atoms with Gasteiger partial charge in [0.25, 0.3) is 0 Å². The fraction of sp³-hybridized carbons (Fsp3) is 0.524. The summed E-state index contributed by atoms with van der Waals surface area (Å²) < 4.78 is 10.0. The first kappa shape index (κ1) is 21.8. The lowest BCUT2D eigenvalue weighted by molar-refractivity contribution is -0.159. The van der Waals surface area contributed by atoms with E-state index in [1.54, 1.807) is 24.4 Å². The van der Waals surface area contributed by atoms with Crippen LogP contribution in [0, 0.1) is 0 Å². The Morgan fingerprint density at radius 3 is 2.68 bits per heavy atom. The number of hydrogen-bond acceptors (Lipinski definition) is 6. The van der Waals surface area contributed by atoms with Crippen LogP contribution in [0.4, 0.5) is 0 Å². The number of nitrogens with one attached hydrogen (secondary N) is 1. The number of esters is 2. The van der Waals surface area contributed by atoms with Crippen LogP contribution in [-0.4, -0.2) is 41.3 Å². The summed E-state index contributed by atoms with van der Waals surface area (Å²) in [4.78, 5) is 26.8. The van der Waals surface area contributed by atoms with Crippen LogP contribution in [0.3, 0.4) is 0 Å². The number of rotatable bonds is 12. The molecule has 1 aromatic heterocycles. The van der Waals surface area contributed by atoms with Crippen LogP contribution in [0.5, 0.6) is 5.75 Å². The van der Waals surface area contributed by atoms with Gasteiger partial charge < -0.3 is 25.3 Å². The van der Waals surface area contributed by atoms with Crippen molar-refractivity contribution < 1.29 is 24.2 Å². The van der Waals surface area contributed by atoms with Crippen LogP contribution in [0.1, 0.15) is 51.0 Å². The molecule has 0 fully saturated rings. The first-order chi connectivity index (χ1) is 13.5. The molecule has 154 valence electrons. The first-order valence-electron chi connectivity index (χ1n) is 9.88. The Morgan fingerprint density at radius 2 is 1.89 bits per heavy atom. The van der Waals surface area contributed by atoms with E-state index in [-0.39, 0.29) is 12.2 Å². The molecule has 0 unspecified atom stereocenters. The van der Waals surface area contributed by atoms with E-state index in [0.717, 1.165) is 35.7 Å². The second-order valence-electron chi connectivity index (χ2n) is 6.95. The smallest absolute Gasteiger partial charge is 0.344 e. The molecule has 1 aromatic carbocycles. The van der Waals surface area contributed by atoms with Gasteiger partial charge in [0.1, 0.15) is 11.8 Å². The van der Waals surface area contributed by atoms with E-state index in [9.17, 15) is 14.7 Å². The summed E-state index contributed by atoms with van der Waals surface area (Å²) in [6.45, 7) is 2.07. The average molecular weight is 390 g/mol. The predicted octanol–water partition coefficient (Wildman–Crippen LogP) is 3.19. The number of nitrogens with two attached hydrogens (primary N) is 1. The van der Waals surface area contributed by atoms with E-state index < -0.39 is 24.6 Å². The Labute approximate surface area is 165 Å². The van der Waals surface area contributed by atoms with Gasteiger partial charge in [0.2, 0.25) is 0 Å². The van der Waals surface area contributed by atoms with Gasteiger partial charge in [-0.25, -0.2) is 4.79 Å². The Hall–Kier alpha value is -2.54. The molecule has 2 rings (SSSR count). The number of carbonyl (C=O) groups is 2. The van der Waals surface area contributed by atoms with Gasteiger partial charge in [-0.3, -0.25) is 4.79 Å². The first-order valence-corrected chi connectivity index (χ1v) is 9.88.